The highest BCUT2D eigenvalue weighted by molar-refractivity contribution is 6.07. The van der Waals surface area contributed by atoms with Crippen LogP contribution in [0.25, 0.3) is 21.9 Å². The van der Waals surface area contributed by atoms with Gasteiger partial charge in [-0.1, -0.05) is 0 Å². The molecule has 4 rings (SSSR count). The number of hydrogen-bond acceptors (Lipinski definition) is 5. The molecule has 0 saturated carbocycles. The Morgan fingerprint density at radius 3 is 2.55 bits per heavy atom. The molecule has 0 atom stereocenters. The maximum atomic E-state index is 14.2. The second-order valence-electron chi connectivity index (χ2n) is 6.51. The van der Waals surface area contributed by atoms with Crippen LogP contribution in [0.15, 0.2) is 18.3 Å². The summed E-state index contributed by atoms with van der Waals surface area (Å²) in [5, 5.41) is 0.552. The molecule has 3 aromatic heterocycles. The van der Waals surface area contributed by atoms with Gasteiger partial charge in [0.15, 0.2) is 11.5 Å². The van der Waals surface area contributed by atoms with Crippen LogP contribution in [-0.4, -0.2) is 59.4 Å². The summed E-state index contributed by atoms with van der Waals surface area (Å²) < 4.78 is 66.8. The number of fused-ring (bicyclic) bond motifs is 3. The summed E-state index contributed by atoms with van der Waals surface area (Å²) in [6.07, 6.45) is -3.56. The van der Waals surface area contributed by atoms with Crippen molar-refractivity contribution in [1.29, 1.82) is 0 Å². The molecular weight excluding hydrogens is 416 g/mol. The Kier molecular flexibility index (Phi) is 6.16. The zero-order valence-electron chi connectivity index (χ0n) is 15.5. The molecule has 0 N–H and O–H groups in total. The molecule has 0 aromatic carbocycles. The monoisotopic (exact) mass is 434 g/mol. The van der Waals surface area contributed by atoms with E-state index in [0.717, 1.165) is 12.3 Å². The van der Waals surface area contributed by atoms with Gasteiger partial charge >= 0.3 is 6.18 Å². The fraction of sp³-hybridized carbons (Fsp3) is 0.444. The number of aromatic nitrogens is 3. The van der Waals surface area contributed by atoms with E-state index in [1.807, 2.05) is 0 Å². The number of pyridine rings is 2. The quantitative estimate of drug-likeness (QED) is 0.588. The molecule has 1 aliphatic heterocycles. The molecule has 158 valence electrons. The van der Waals surface area contributed by atoms with Gasteiger partial charge in [-0.05, 0) is 12.1 Å². The average Bonchev–Trinajstić information content (AvgIpc) is 2.98. The van der Waals surface area contributed by atoms with Crippen molar-refractivity contribution in [2.45, 2.75) is 12.7 Å². The van der Waals surface area contributed by atoms with Crippen LogP contribution < -0.4 is 4.74 Å². The number of nitrogens with zero attached hydrogens (tertiary/aromatic N) is 4. The van der Waals surface area contributed by atoms with E-state index in [1.54, 1.807) is 0 Å². The van der Waals surface area contributed by atoms with Gasteiger partial charge in [0.1, 0.15) is 5.65 Å². The standard InChI is InChI=1S/C18H18F4N4O2.ClH/c1-27-17-13(19)10-12-11-2-3-23-15(18(20,21)22)14(11)26(16(12)24-17)5-4-25-6-8-28-9-7-25;/h2-3,10H,4-9H2,1H3;1H. The van der Waals surface area contributed by atoms with Crippen molar-refractivity contribution in [2.75, 3.05) is 40.0 Å². The molecule has 0 bridgehead atoms. The number of halogens is 5. The highest BCUT2D eigenvalue weighted by atomic mass is 35.5. The molecule has 4 heterocycles. The van der Waals surface area contributed by atoms with E-state index in [-0.39, 0.29) is 41.4 Å². The second-order valence-corrected chi connectivity index (χ2v) is 6.51. The summed E-state index contributed by atoms with van der Waals surface area (Å²) in [5.74, 6) is -0.989. The minimum Gasteiger partial charge on any atom is -0.479 e. The molecule has 0 spiro atoms. The van der Waals surface area contributed by atoms with Crippen LogP contribution >= 0.6 is 12.4 Å². The molecule has 0 radical (unpaired) electrons. The van der Waals surface area contributed by atoms with Crippen molar-refractivity contribution >= 4 is 34.3 Å². The molecule has 29 heavy (non-hydrogen) atoms. The highest BCUT2D eigenvalue weighted by Crippen LogP contribution is 2.38. The summed E-state index contributed by atoms with van der Waals surface area (Å²) in [6.45, 7) is 3.33. The molecule has 11 heteroatoms. The van der Waals surface area contributed by atoms with Crippen molar-refractivity contribution in [1.82, 2.24) is 19.4 Å². The Balaban J connectivity index is 0.00000240. The number of alkyl halides is 3. The summed E-state index contributed by atoms with van der Waals surface area (Å²) in [6, 6.07) is 2.61. The Labute approximate surface area is 169 Å². The topological polar surface area (TPSA) is 52.4 Å². The lowest BCUT2D eigenvalue weighted by Crippen LogP contribution is -2.38. The van der Waals surface area contributed by atoms with Gasteiger partial charge in [-0.15, -0.1) is 12.4 Å². The Hall–Kier alpha value is -2.17. The maximum Gasteiger partial charge on any atom is 0.435 e. The van der Waals surface area contributed by atoms with Gasteiger partial charge < -0.3 is 14.0 Å². The van der Waals surface area contributed by atoms with E-state index in [1.165, 1.54) is 17.7 Å². The van der Waals surface area contributed by atoms with Crippen LogP contribution in [0.5, 0.6) is 5.88 Å². The van der Waals surface area contributed by atoms with Crippen LogP contribution in [0.1, 0.15) is 5.69 Å². The zero-order valence-corrected chi connectivity index (χ0v) is 16.3. The molecule has 0 amide bonds. The van der Waals surface area contributed by atoms with Gasteiger partial charge in [-0.2, -0.15) is 18.2 Å². The third-order valence-electron chi connectivity index (χ3n) is 4.87. The van der Waals surface area contributed by atoms with Crippen molar-refractivity contribution in [3.05, 3.63) is 29.8 Å². The third kappa shape index (κ3) is 3.96. The maximum absolute atomic E-state index is 14.2. The van der Waals surface area contributed by atoms with Gasteiger partial charge in [0.05, 0.1) is 25.8 Å². The lowest BCUT2D eigenvalue weighted by atomic mass is 10.2. The Bertz CT molecular complexity index is 1020. The molecular formula is C18H19ClF4N4O2. The predicted molar refractivity (Wildman–Crippen MR) is 101 cm³/mol. The Morgan fingerprint density at radius 2 is 1.90 bits per heavy atom. The van der Waals surface area contributed by atoms with Gasteiger partial charge in [0.2, 0.25) is 0 Å². The van der Waals surface area contributed by atoms with Crippen LogP contribution in [0.3, 0.4) is 0 Å². The number of methoxy groups -OCH3 is 1. The smallest absolute Gasteiger partial charge is 0.435 e. The molecule has 3 aromatic rings. The summed E-state index contributed by atoms with van der Waals surface area (Å²) in [5.41, 5.74) is -0.872. The van der Waals surface area contributed by atoms with Crippen LogP contribution in [-0.2, 0) is 17.5 Å². The van der Waals surface area contributed by atoms with Crippen LogP contribution in [0.4, 0.5) is 17.6 Å². The SMILES string of the molecule is COc1nc2c(cc1F)c1ccnc(C(F)(F)F)c1n2CCN1CCOCC1.Cl. The minimum absolute atomic E-state index is 0. The number of morpholine rings is 1. The van der Waals surface area contributed by atoms with E-state index in [2.05, 4.69) is 14.9 Å². The molecule has 6 nitrogen and oxygen atoms in total. The first kappa shape index (κ1) is 21.5. The second kappa shape index (κ2) is 8.29. The Morgan fingerprint density at radius 1 is 1.17 bits per heavy atom. The summed E-state index contributed by atoms with van der Waals surface area (Å²) in [4.78, 5) is 9.81. The minimum atomic E-state index is -4.65. The zero-order chi connectivity index (χ0) is 19.9. The van der Waals surface area contributed by atoms with E-state index in [9.17, 15) is 17.6 Å². The van der Waals surface area contributed by atoms with E-state index >= 15 is 0 Å². The normalized spacial score (nSPS) is 15.6. The fourth-order valence-corrected chi connectivity index (χ4v) is 3.55. The molecule has 1 fully saturated rings. The molecule has 0 aliphatic carbocycles. The van der Waals surface area contributed by atoms with Gasteiger partial charge in [-0.25, -0.2) is 9.37 Å². The van der Waals surface area contributed by atoms with Crippen molar-refractivity contribution in [3.63, 3.8) is 0 Å². The summed E-state index contributed by atoms with van der Waals surface area (Å²) >= 11 is 0. The molecule has 0 unspecified atom stereocenters. The van der Waals surface area contributed by atoms with Crippen molar-refractivity contribution < 1.29 is 27.0 Å². The average molecular weight is 435 g/mol. The first-order chi connectivity index (χ1) is 13.4. The van der Waals surface area contributed by atoms with E-state index < -0.39 is 17.7 Å². The van der Waals surface area contributed by atoms with Crippen LogP contribution in [0.2, 0.25) is 0 Å². The number of rotatable bonds is 4. The molecule has 1 saturated heterocycles. The van der Waals surface area contributed by atoms with Gasteiger partial charge in [-0.3, -0.25) is 4.90 Å². The number of hydrogen-bond donors (Lipinski definition) is 0. The highest BCUT2D eigenvalue weighted by Gasteiger charge is 2.37. The first-order valence-electron chi connectivity index (χ1n) is 8.79. The van der Waals surface area contributed by atoms with E-state index in [4.69, 9.17) is 9.47 Å². The van der Waals surface area contributed by atoms with Gasteiger partial charge in [0.25, 0.3) is 5.88 Å². The van der Waals surface area contributed by atoms with Crippen molar-refractivity contribution in [2.24, 2.45) is 0 Å². The summed E-state index contributed by atoms with van der Waals surface area (Å²) in [7, 11) is 1.26. The predicted octanol–water partition coefficient (Wildman–Crippen LogP) is 3.51. The lowest BCUT2D eigenvalue weighted by molar-refractivity contribution is -0.140. The lowest BCUT2D eigenvalue weighted by Gasteiger charge is -2.27. The number of ether oxygens (including phenoxy) is 2. The fourth-order valence-electron chi connectivity index (χ4n) is 3.55. The largest absolute Gasteiger partial charge is 0.479 e. The van der Waals surface area contributed by atoms with Crippen LogP contribution in [0, 0.1) is 5.82 Å². The van der Waals surface area contributed by atoms with Gasteiger partial charge in [0, 0.05) is 43.1 Å². The first-order valence-corrected chi connectivity index (χ1v) is 8.79. The van der Waals surface area contributed by atoms with Crippen molar-refractivity contribution in [3.8, 4) is 5.88 Å². The third-order valence-corrected chi connectivity index (χ3v) is 4.87. The molecule has 1 aliphatic rings. The van der Waals surface area contributed by atoms with E-state index in [0.29, 0.717) is 38.2 Å².